The number of piperidine rings is 1. The number of hydrogen-bond donors (Lipinski definition) is 2. The van der Waals surface area contributed by atoms with Crippen molar-refractivity contribution in [3.05, 3.63) is 47.5 Å². The van der Waals surface area contributed by atoms with E-state index in [2.05, 4.69) is 12.1 Å². The Kier molecular flexibility index (Phi) is 5.83. The minimum atomic E-state index is -0.130. The first-order valence-corrected chi connectivity index (χ1v) is 9.71. The van der Waals surface area contributed by atoms with Gasteiger partial charge >= 0.3 is 0 Å². The zero-order valence-electron chi connectivity index (χ0n) is 14.6. The smallest absolute Gasteiger partial charge is 0.223 e. The highest BCUT2D eigenvalue weighted by atomic mass is 35.5. The van der Waals surface area contributed by atoms with Crippen LogP contribution in [0.5, 0.6) is 0 Å². The third-order valence-electron chi connectivity index (χ3n) is 5.54. The van der Waals surface area contributed by atoms with Crippen molar-refractivity contribution in [1.82, 2.24) is 4.90 Å². The Morgan fingerprint density at radius 2 is 1.92 bits per heavy atom. The number of rotatable bonds is 7. The quantitative estimate of drug-likeness (QED) is 0.626. The van der Waals surface area contributed by atoms with Gasteiger partial charge in [0.05, 0.1) is 0 Å². The van der Waals surface area contributed by atoms with E-state index in [0.29, 0.717) is 24.3 Å². The summed E-state index contributed by atoms with van der Waals surface area (Å²) >= 11 is 11.4. The average Bonchev–Trinajstić information content (AvgIpc) is 3.39. The lowest BCUT2D eigenvalue weighted by atomic mass is 9.87. The zero-order valence-corrected chi connectivity index (χ0v) is 16.1. The topological polar surface area (TPSA) is 68.0 Å². The average molecular weight is 392 g/mol. The van der Waals surface area contributed by atoms with Gasteiger partial charge in [-0.3, -0.25) is 15.6 Å². The lowest BCUT2D eigenvalue weighted by molar-refractivity contribution is -0.137. The second kappa shape index (κ2) is 7.93. The molecule has 2 aliphatic rings. The molecule has 1 aliphatic heterocycles. The molecule has 1 aliphatic carbocycles. The standard InChI is InChI=1S/C20H23Cl2N3O/c21-17(23)12-16(19(22)24)6-8-20(9-10-20)25-11-7-15(13-18(25)26)14-4-2-1-3-5-14/h1-5,12,15,23-24H,6-11,13H2/b16-12-,23-17?,24-19?. The van der Waals surface area contributed by atoms with E-state index < -0.39 is 0 Å². The molecule has 1 heterocycles. The molecule has 1 saturated heterocycles. The molecule has 0 spiro atoms. The predicted molar refractivity (Wildman–Crippen MR) is 107 cm³/mol. The van der Waals surface area contributed by atoms with Gasteiger partial charge in [0.15, 0.2) is 0 Å². The van der Waals surface area contributed by atoms with E-state index in [1.54, 1.807) is 0 Å². The molecule has 1 saturated carbocycles. The maximum atomic E-state index is 12.8. The predicted octanol–water partition coefficient (Wildman–Crippen LogP) is 5.06. The van der Waals surface area contributed by atoms with Crippen LogP contribution < -0.4 is 0 Å². The van der Waals surface area contributed by atoms with Crippen LogP contribution in [-0.4, -0.2) is 33.2 Å². The van der Waals surface area contributed by atoms with Crippen LogP contribution >= 0.6 is 23.2 Å². The molecular formula is C20H23Cl2N3O. The number of halogens is 2. The maximum absolute atomic E-state index is 12.8. The van der Waals surface area contributed by atoms with Gasteiger partial charge in [-0.2, -0.15) is 0 Å². The Morgan fingerprint density at radius 1 is 1.23 bits per heavy atom. The maximum Gasteiger partial charge on any atom is 0.223 e. The number of likely N-dealkylation sites (tertiary alicyclic amines) is 1. The number of benzene rings is 1. The van der Waals surface area contributed by atoms with Crippen LogP contribution in [0.4, 0.5) is 0 Å². The molecule has 1 amide bonds. The van der Waals surface area contributed by atoms with Crippen molar-refractivity contribution in [3.8, 4) is 0 Å². The van der Waals surface area contributed by atoms with Crippen molar-refractivity contribution in [1.29, 1.82) is 10.8 Å². The summed E-state index contributed by atoms with van der Waals surface area (Å²) in [6.45, 7) is 0.779. The van der Waals surface area contributed by atoms with Gasteiger partial charge in [0.1, 0.15) is 10.3 Å². The van der Waals surface area contributed by atoms with Gasteiger partial charge in [0.25, 0.3) is 0 Å². The number of hydrogen-bond acceptors (Lipinski definition) is 3. The molecule has 3 rings (SSSR count). The van der Waals surface area contributed by atoms with Crippen LogP contribution in [0.25, 0.3) is 0 Å². The number of nitrogens with zero attached hydrogens (tertiary/aromatic N) is 1. The fourth-order valence-electron chi connectivity index (χ4n) is 3.91. The van der Waals surface area contributed by atoms with E-state index in [9.17, 15) is 4.79 Å². The monoisotopic (exact) mass is 391 g/mol. The lowest BCUT2D eigenvalue weighted by Gasteiger charge is -2.38. The molecule has 2 N–H and O–H groups in total. The third kappa shape index (κ3) is 4.36. The molecule has 4 nitrogen and oxygen atoms in total. The van der Waals surface area contributed by atoms with Crippen molar-refractivity contribution < 1.29 is 4.79 Å². The molecule has 1 aromatic carbocycles. The Labute approximate surface area is 164 Å². The fraction of sp³-hybridized carbons (Fsp3) is 0.450. The number of nitrogens with one attached hydrogen (secondary N) is 2. The van der Waals surface area contributed by atoms with E-state index in [1.807, 2.05) is 23.1 Å². The SMILES string of the molecule is N=C(Cl)/C=C(/CCC1(N2CCC(c3ccccc3)CC2=O)CC1)C(=N)Cl. The zero-order chi connectivity index (χ0) is 18.7. The summed E-state index contributed by atoms with van der Waals surface area (Å²) in [4.78, 5) is 14.9. The van der Waals surface area contributed by atoms with Crippen molar-refractivity contribution in [3.63, 3.8) is 0 Å². The van der Waals surface area contributed by atoms with E-state index in [0.717, 1.165) is 32.2 Å². The minimum absolute atomic E-state index is 0.0830. The summed E-state index contributed by atoms with van der Waals surface area (Å²) in [6.07, 6.45) is 6.29. The largest absolute Gasteiger partial charge is 0.337 e. The summed E-state index contributed by atoms with van der Waals surface area (Å²) in [5.41, 5.74) is 1.70. The molecule has 1 aromatic rings. The van der Waals surface area contributed by atoms with E-state index in [4.69, 9.17) is 34.0 Å². The second-order valence-corrected chi connectivity index (χ2v) is 7.99. The van der Waals surface area contributed by atoms with Gasteiger partial charge < -0.3 is 4.90 Å². The number of carbonyl (C=O) groups excluding carboxylic acids is 1. The van der Waals surface area contributed by atoms with Gasteiger partial charge in [-0.05, 0) is 55.2 Å². The Hall–Kier alpha value is -1.65. The van der Waals surface area contributed by atoms with E-state index in [1.165, 1.54) is 11.6 Å². The van der Waals surface area contributed by atoms with Crippen LogP contribution in [-0.2, 0) is 4.79 Å². The second-order valence-electron chi connectivity index (χ2n) is 7.20. The first-order chi connectivity index (χ1) is 12.4. The summed E-state index contributed by atoms with van der Waals surface area (Å²) in [5.74, 6) is 0.526. The highest BCUT2D eigenvalue weighted by molar-refractivity contribution is 6.71. The molecule has 138 valence electrons. The summed E-state index contributed by atoms with van der Waals surface area (Å²) in [6, 6.07) is 10.3. The number of carbonyl (C=O) groups is 1. The third-order valence-corrected chi connectivity index (χ3v) is 5.89. The van der Waals surface area contributed by atoms with Gasteiger partial charge in [0, 0.05) is 18.5 Å². The van der Waals surface area contributed by atoms with Gasteiger partial charge in [-0.15, -0.1) is 0 Å². The summed E-state index contributed by atoms with van der Waals surface area (Å²) in [7, 11) is 0. The van der Waals surface area contributed by atoms with Gasteiger partial charge in [-0.1, -0.05) is 53.5 Å². The van der Waals surface area contributed by atoms with Crippen LogP contribution in [0.1, 0.15) is 50.0 Å². The first-order valence-electron chi connectivity index (χ1n) is 8.96. The van der Waals surface area contributed by atoms with E-state index in [-0.39, 0.29) is 21.8 Å². The Morgan fingerprint density at radius 3 is 2.46 bits per heavy atom. The van der Waals surface area contributed by atoms with Gasteiger partial charge in [-0.25, -0.2) is 0 Å². The molecular weight excluding hydrogens is 369 g/mol. The summed E-state index contributed by atoms with van der Waals surface area (Å²) < 4.78 is 0. The number of allylic oxidation sites excluding steroid dienone is 2. The molecule has 0 aromatic heterocycles. The molecule has 1 atom stereocenters. The molecule has 0 bridgehead atoms. The molecule has 2 fully saturated rings. The normalized spacial score (nSPS) is 22.2. The van der Waals surface area contributed by atoms with Crippen molar-refractivity contribution >= 4 is 39.5 Å². The Bertz CT molecular complexity index is 741. The van der Waals surface area contributed by atoms with E-state index >= 15 is 0 Å². The number of amides is 1. The van der Waals surface area contributed by atoms with Crippen LogP contribution in [0, 0.1) is 10.8 Å². The highest BCUT2D eigenvalue weighted by Crippen LogP contribution is 2.48. The molecule has 0 radical (unpaired) electrons. The van der Waals surface area contributed by atoms with Gasteiger partial charge in [0.2, 0.25) is 5.91 Å². The fourth-order valence-corrected chi connectivity index (χ4v) is 4.19. The van der Waals surface area contributed by atoms with Crippen molar-refractivity contribution in [2.24, 2.45) is 0 Å². The minimum Gasteiger partial charge on any atom is -0.337 e. The molecule has 6 heteroatoms. The Balaban J connectivity index is 1.63. The molecule has 26 heavy (non-hydrogen) atoms. The summed E-state index contributed by atoms with van der Waals surface area (Å²) in [5, 5.41) is 14.8. The van der Waals surface area contributed by atoms with Crippen LogP contribution in [0.15, 0.2) is 42.0 Å². The van der Waals surface area contributed by atoms with Crippen LogP contribution in [0.2, 0.25) is 0 Å². The molecule has 1 unspecified atom stereocenters. The van der Waals surface area contributed by atoms with Crippen molar-refractivity contribution in [2.75, 3.05) is 6.54 Å². The van der Waals surface area contributed by atoms with Crippen molar-refractivity contribution in [2.45, 2.75) is 50.0 Å². The van der Waals surface area contributed by atoms with Crippen LogP contribution in [0.3, 0.4) is 0 Å². The first kappa shape index (κ1) is 19.1. The highest BCUT2D eigenvalue weighted by Gasteiger charge is 2.50. The lowest BCUT2D eigenvalue weighted by Crippen LogP contribution is -2.46.